The molecule has 0 saturated carbocycles. The molecule has 2 aromatic rings. The normalized spacial score (nSPS) is 17.6. The quantitative estimate of drug-likeness (QED) is 0.818. The van der Waals surface area contributed by atoms with Gasteiger partial charge in [-0.3, -0.25) is 4.79 Å². The van der Waals surface area contributed by atoms with Crippen molar-refractivity contribution in [3.8, 4) is 5.75 Å². The molecule has 1 aliphatic rings. The van der Waals surface area contributed by atoms with Gasteiger partial charge in [0.2, 0.25) is 0 Å². The molecule has 0 amide bonds. The zero-order valence-corrected chi connectivity index (χ0v) is 13.5. The number of aromatic nitrogens is 2. The van der Waals surface area contributed by atoms with Gasteiger partial charge < -0.3 is 18.9 Å². The highest BCUT2D eigenvalue weighted by molar-refractivity contribution is 5.83. The minimum absolute atomic E-state index is 0.0694. The Bertz CT molecular complexity index is 843. The van der Waals surface area contributed by atoms with E-state index in [9.17, 15) is 4.79 Å². The molecule has 1 atom stereocenters. The molecule has 1 fully saturated rings. The van der Waals surface area contributed by atoms with Crippen LogP contribution in [-0.2, 0) is 11.8 Å². The fourth-order valence-electron chi connectivity index (χ4n) is 2.75. The predicted molar refractivity (Wildman–Crippen MR) is 87.2 cm³/mol. The van der Waals surface area contributed by atoms with Gasteiger partial charge in [0.1, 0.15) is 11.9 Å². The lowest BCUT2D eigenvalue weighted by molar-refractivity contribution is 0.142. The van der Waals surface area contributed by atoms with E-state index in [2.05, 4.69) is 9.83 Å². The second kappa shape index (κ2) is 6.01. The first-order valence-corrected chi connectivity index (χ1v) is 7.67. The van der Waals surface area contributed by atoms with E-state index in [1.54, 1.807) is 23.7 Å². The second-order valence-corrected chi connectivity index (χ2v) is 6.04. The zero-order chi connectivity index (χ0) is 16.6. The largest absolute Gasteiger partial charge is 0.497 e. The van der Waals surface area contributed by atoms with Crippen LogP contribution in [0.3, 0.4) is 0 Å². The first kappa shape index (κ1) is 15.5. The molecular formula is C17H19N3O3. The summed E-state index contributed by atoms with van der Waals surface area (Å²) in [5, 5.41) is 0. The predicted octanol–water partition coefficient (Wildman–Crippen LogP) is 2.78. The van der Waals surface area contributed by atoms with Crippen LogP contribution < -0.4 is 10.3 Å². The van der Waals surface area contributed by atoms with Crippen LogP contribution in [0.2, 0.25) is 0 Å². The van der Waals surface area contributed by atoms with E-state index in [0.717, 1.165) is 12.0 Å². The van der Waals surface area contributed by atoms with E-state index in [1.165, 1.54) is 0 Å². The van der Waals surface area contributed by atoms with E-state index in [-0.39, 0.29) is 23.4 Å². The van der Waals surface area contributed by atoms with Crippen LogP contribution in [0.25, 0.3) is 15.9 Å². The molecule has 1 saturated heterocycles. The van der Waals surface area contributed by atoms with Crippen LogP contribution in [0.5, 0.6) is 5.75 Å². The van der Waals surface area contributed by atoms with Gasteiger partial charge in [-0.25, -0.2) is 0 Å². The summed E-state index contributed by atoms with van der Waals surface area (Å²) in [4.78, 5) is 20.2. The lowest BCUT2D eigenvalue weighted by Gasteiger charge is -2.15. The minimum atomic E-state index is -0.0892. The SMILES string of the molecule is [C-]#[N+]c1nc2c(C(C)C)cc(=O)n(C)c2cc1O[C@@H]1CCOC1. The highest BCUT2D eigenvalue weighted by Crippen LogP contribution is 2.33. The lowest BCUT2D eigenvalue weighted by atomic mass is 10.0. The fourth-order valence-corrected chi connectivity index (χ4v) is 2.75. The van der Waals surface area contributed by atoms with Crippen LogP contribution in [0, 0.1) is 6.57 Å². The number of pyridine rings is 2. The van der Waals surface area contributed by atoms with Crippen molar-refractivity contribution in [2.45, 2.75) is 32.3 Å². The van der Waals surface area contributed by atoms with Crippen LogP contribution in [0.4, 0.5) is 5.82 Å². The first-order valence-electron chi connectivity index (χ1n) is 7.67. The first-order chi connectivity index (χ1) is 11.0. The third kappa shape index (κ3) is 2.80. The van der Waals surface area contributed by atoms with E-state index in [0.29, 0.717) is 30.0 Å². The van der Waals surface area contributed by atoms with Gasteiger partial charge in [-0.15, -0.1) is 4.98 Å². The summed E-state index contributed by atoms with van der Waals surface area (Å²) >= 11 is 0. The Labute approximate surface area is 134 Å². The molecule has 0 aliphatic carbocycles. The van der Waals surface area contributed by atoms with E-state index in [1.807, 2.05) is 13.8 Å². The molecule has 120 valence electrons. The molecule has 0 bridgehead atoms. The summed E-state index contributed by atoms with van der Waals surface area (Å²) in [6.45, 7) is 12.6. The maximum Gasteiger partial charge on any atom is 0.312 e. The average molecular weight is 313 g/mol. The number of fused-ring (bicyclic) bond motifs is 1. The summed E-state index contributed by atoms with van der Waals surface area (Å²) in [7, 11) is 1.70. The van der Waals surface area contributed by atoms with Gasteiger partial charge in [-0.1, -0.05) is 20.4 Å². The molecule has 3 rings (SSSR count). The molecule has 3 heterocycles. The third-order valence-corrected chi connectivity index (χ3v) is 4.10. The van der Waals surface area contributed by atoms with Crippen molar-refractivity contribution in [1.82, 2.24) is 9.55 Å². The van der Waals surface area contributed by atoms with Gasteiger partial charge in [0.25, 0.3) is 5.56 Å². The maximum atomic E-state index is 12.2. The number of aryl methyl sites for hydroxylation is 1. The topological polar surface area (TPSA) is 57.7 Å². The zero-order valence-electron chi connectivity index (χ0n) is 13.5. The smallest absolute Gasteiger partial charge is 0.312 e. The molecule has 0 unspecified atom stereocenters. The summed E-state index contributed by atoms with van der Waals surface area (Å²) < 4.78 is 12.7. The third-order valence-electron chi connectivity index (χ3n) is 4.10. The standard InChI is InChI=1S/C17H19N3O3/c1-10(2)12-7-15(21)20(4)13-8-14(17(18-3)19-16(12)13)23-11-5-6-22-9-11/h7-8,10-11H,5-6,9H2,1-2,4H3/t11-/m1/s1. The maximum absolute atomic E-state index is 12.2. The Hall–Kier alpha value is -2.39. The number of hydrogen-bond donors (Lipinski definition) is 0. The van der Waals surface area contributed by atoms with Gasteiger partial charge in [-0.2, -0.15) is 0 Å². The Morgan fingerprint density at radius 1 is 1.48 bits per heavy atom. The molecule has 2 aromatic heterocycles. The molecule has 6 heteroatoms. The number of nitrogens with zero attached hydrogens (tertiary/aromatic N) is 3. The van der Waals surface area contributed by atoms with Gasteiger partial charge in [0, 0.05) is 25.1 Å². The monoisotopic (exact) mass is 313 g/mol. The summed E-state index contributed by atoms with van der Waals surface area (Å²) in [5.74, 6) is 0.788. The molecule has 1 aliphatic heterocycles. The van der Waals surface area contributed by atoms with Gasteiger partial charge in [0.05, 0.1) is 18.7 Å². The molecule has 0 N–H and O–H groups in total. The molecule has 0 spiro atoms. The fraction of sp³-hybridized carbons (Fsp3) is 0.471. The van der Waals surface area contributed by atoms with Crippen molar-refractivity contribution in [2.75, 3.05) is 13.2 Å². The summed E-state index contributed by atoms with van der Waals surface area (Å²) in [6, 6.07) is 3.35. The van der Waals surface area contributed by atoms with Crippen molar-refractivity contribution >= 4 is 16.9 Å². The van der Waals surface area contributed by atoms with Crippen LogP contribution in [0.15, 0.2) is 16.9 Å². The van der Waals surface area contributed by atoms with Gasteiger partial charge in [0.15, 0.2) is 5.52 Å². The molecular weight excluding hydrogens is 294 g/mol. The Balaban J connectivity index is 2.21. The summed E-state index contributed by atoms with van der Waals surface area (Å²) in [5.41, 5.74) is 2.13. The van der Waals surface area contributed by atoms with E-state index in [4.69, 9.17) is 16.0 Å². The van der Waals surface area contributed by atoms with Gasteiger partial charge >= 0.3 is 5.82 Å². The molecule has 23 heavy (non-hydrogen) atoms. The van der Waals surface area contributed by atoms with E-state index >= 15 is 0 Å². The molecule has 0 radical (unpaired) electrons. The highest BCUT2D eigenvalue weighted by Gasteiger charge is 2.22. The van der Waals surface area contributed by atoms with Crippen LogP contribution >= 0.6 is 0 Å². The lowest BCUT2D eigenvalue weighted by Crippen LogP contribution is -2.19. The van der Waals surface area contributed by atoms with Crippen molar-refractivity contribution in [3.63, 3.8) is 0 Å². The Morgan fingerprint density at radius 2 is 2.26 bits per heavy atom. The highest BCUT2D eigenvalue weighted by atomic mass is 16.5. The average Bonchev–Trinajstić information content (AvgIpc) is 3.03. The van der Waals surface area contributed by atoms with E-state index < -0.39 is 0 Å². The van der Waals surface area contributed by atoms with Crippen molar-refractivity contribution in [1.29, 1.82) is 0 Å². The van der Waals surface area contributed by atoms with Crippen LogP contribution in [-0.4, -0.2) is 28.9 Å². The summed E-state index contributed by atoms with van der Waals surface area (Å²) in [6.07, 6.45) is 0.723. The van der Waals surface area contributed by atoms with Crippen LogP contribution in [0.1, 0.15) is 31.7 Å². The number of hydrogen-bond acceptors (Lipinski definition) is 4. The van der Waals surface area contributed by atoms with Crippen molar-refractivity contribution < 1.29 is 9.47 Å². The number of ether oxygens (including phenoxy) is 2. The van der Waals surface area contributed by atoms with Crippen molar-refractivity contribution in [2.24, 2.45) is 7.05 Å². The molecule has 6 nitrogen and oxygen atoms in total. The number of rotatable bonds is 3. The van der Waals surface area contributed by atoms with Crippen molar-refractivity contribution in [3.05, 3.63) is 39.5 Å². The Kier molecular flexibility index (Phi) is 4.05. The second-order valence-electron chi connectivity index (χ2n) is 6.04. The molecule has 0 aromatic carbocycles. The Morgan fingerprint density at radius 3 is 2.87 bits per heavy atom. The minimum Gasteiger partial charge on any atom is -0.497 e. The van der Waals surface area contributed by atoms with Gasteiger partial charge in [-0.05, 0) is 12.0 Å².